The molecule has 0 radical (unpaired) electrons. The summed E-state index contributed by atoms with van der Waals surface area (Å²) in [5.74, 6) is -0.463. The van der Waals surface area contributed by atoms with Gasteiger partial charge in [0.05, 0.1) is 16.8 Å². The second-order valence-electron chi connectivity index (χ2n) is 6.66. The molecule has 1 aromatic heterocycles. The van der Waals surface area contributed by atoms with Gasteiger partial charge in [0.1, 0.15) is 0 Å². The van der Waals surface area contributed by atoms with E-state index in [9.17, 15) is 4.79 Å². The Bertz CT molecular complexity index is 933. The average Bonchev–Trinajstić information content (AvgIpc) is 2.69. The van der Waals surface area contributed by atoms with Crippen LogP contribution in [0.5, 0.6) is 0 Å². The van der Waals surface area contributed by atoms with Gasteiger partial charge in [0.2, 0.25) is 0 Å². The Balaban J connectivity index is 1.81. The van der Waals surface area contributed by atoms with E-state index in [-0.39, 0.29) is 0 Å². The first-order chi connectivity index (χ1) is 12.7. The Hall–Kier alpha value is -2.92. The van der Waals surface area contributed by atoms with Crippen LogP contribution in [0.3, 0.4) is 0 Å². The summed E-state index contributed by atoms with van der Waals surface area (Å²) in [5, 5.41) is 7.92. The van der Waals surface area contributed by atoms with E-state index in [4.69, 9.17) is 10.7 Å². The smallest absolute Gasteiger partial charge is 0.250 e. The summed E-state index contributed by atoms with van der Waals surface area (Å²) in [7, 11) is 0. The van der Waals surface area contributed by atoms with Crippen LogP contribution < -0.4 is 16.4 Å². The van der Waals surface area contributed by atoms with Crippen LogP contribution in [-0.4, -0.2) is 30.0 Å². The number of hydrogen-bond acceptors (Lipinski definition) is 4. The molecule has 5 nitrogen and oxygen atoms in total. The first-order valence-corrected chi connectivity index (χ1v) is 8.98. The van der Waals surface area contributed by atoms with Crippen LogP contribution in [0.2, 0.25) is 0 Å². The molecule has 1 saturated heterocycles. The van der Waals surface area contributed by atoms with E-state index in [1.54, 1.807) is 0 Å². The summed E-state index contributed by atoms with van der Waals surface area (Å²) < 4.78 is 0. The number of nitrogens with zero attached hydrogens (tertiary/aromatic N) is 1. The predicted molar refractivity (Wildman–Crippen MR) is 105 cm³/mol. The van der Waals surface area contributed by atoms with Gasteiger partial charge in [-0.05, 0) is 44.1 Å². The second kappa shape index (κ2) is 7.14. The van der Waals surface area contributed by atoms with Crippen molar-refractivity contribution in [2.45, 2.75) is 18.9 Å². The third-order valence-corrected chi connectivity index (χ3v) is 4.87. The monoisotopic (exact) mass is 346 g/mol. The number of anilines is 1. The topological polar surface area (TPSA) is 80.0 Å². The Morgan fingerprint density at radius 1 is 1.08 bits per heavy atom. The van der Waals surface area contributed by atoms with Crippen LogP contribution in [0, 0.1) is 0 Å². The summed E-state index contributed by atoms with van der Waals surface area (Å²) >= 11 is 0. The van der Waals surface area contributed by atoms with Gasteiger partial charge in [-0.3, -0.25) is 4.79 Å². The maximum absolute atomic E-state index is 12.1. The molecule has 4 rings (SSSR count). The van der Waals surface area contributed by atoms with Crippen molar-refractivity contribution in [3.05, 3.63) is 60.2 Å². The molecule has 0 bridgehead atoms. The minimum Gasteiger partial charge on any atom is -0.382 e. The molecule has 0 saturated carbocycles. The maximum Gasteiger partial charge on any atom is 0.250 e. The number of aromatic nitrogens is 1. The Kier molecular flexibility index (Phi) is 4.54. The molecule has 2 heterocycles. The Morgan fingerprint density at radius 2 is 1.85 bits per heavy atom. The van der Waals surface area contributed by atoms with Crippen LogP contribution in [0.4, 0.5) is 5.69 Å². The van der Waals surface area contributed by atoms with Gasteiger partial charge in [-0.25, -0.2) is 4.98 Å². The van der Waals surface area contributed by atoms with Gasteiger partial charge in [0.15, 0.2) is 0 Å². The first kappa shape index (κ1) is 16.5. The van der Waals surface area contributed by atoms with E-state index >= 15 is 0 Å². The molecule has 0 unspecified atom stereocenters. The third-order valence-electron chi connectivity index (χ3n) is 4.87. The fourth-order valence-electron chi connectivity index (χ4n) is 3.51. The molecule has 0 atom stereocenters. The van der Waals surface area contributed by atoms with Gasteiger partial charge < -0.3 is 16.4 Å². The summed E-state index contributed by atoms with van der Waals surface area (Å²) in [5.41, 5.74) is 9.49. The van der Waals surface area contributed by atoms with Gasteiger partial charge >= 0.3 is 0 Å². The van der Waals surface area contributed by atoms with Crippen LogP contribution in [0.15, 0.2) is 54.6 Å². The summed E-state index contributed by atoms with van der Waals surface area (Å²) in [4.78, 5) is 16.9. The standard InChI is InChI=1S/C21H22N4O/c22-21(26)17-13-16-18(24-15-9-11-23-12-10-15)7-4-8-19(16)25-20(17)14-5-2-1-3-6-14/h1-8,13,15,23-24H,9-12H2,(H2,22,26). The highest BCUT2D eigenvalue weighted by Crippen LogP contribution is 2.30. The molecule has 132 valence electrons. The Morgan fingerprint density at radius 3 is 2.58 bits per heavy atom. The largest absolute Gasteiger partial charge is 0.382 e. The zero-order chi connectivity index (χ0) is 17.9. The molecule has 1 amide bonds. The molecule has 1 aliphatic heterocycles. The lowest BCUT2D eigenvalue weighted by Gasteiger charge is -2.25. The van der Waals surface area contributed by atoms with Crippen molar-refractivity contribution in [3.63, 3.8) is 0 Å². The van der Waals surface area contributed by atoms with E-state index in [1.165, 1.54) is 0 Å². The molecule has 3 aromatic rings. The van der Waals surface area contributed by atoms with E-state index in [2.05, 4.69) is 10.6 Å². The summed E-state index contributed by atoms with van der Waals surface area (Å²) in [6, 6.07) is 18.0. The lowest BCUT2D eigenvalue weighted by atomic mass is 10.0. The van der Waals surface area contributed by atoms with Crippen LogP contribution in [0.1, 0.15) is 23.2 Å². The number of primary amides is 1. The molecule has 4 N–H and O–H groups in total. The van der Waals surface area contributed by atoms with Gasteiger partial charge in [0.25, 0.3) is 5.91 Å². The number of carbonyl (C=O) groups excluding carboxylic acids is 1. The zero-order valence-corrected chi connectivity index (χ0v) is 14.5. The van der Waals surface area contributed by atoms with E-state index in [0.717, 1.165) is 48.1 Å². The number of fused-ring (bicyclic) bond motifs is 1. The van der Waals surface area contributed by atoms with Crippen molar-refractivity contribution in [2.75, 3.05) is 18.4 Å². The zero-order valence-electron chi connectivity index (χ0n) is 14.5. The highest BCUT2D eigenvalue weighted by Gasteiger charge is 2.17. The van der Waals surface area contributed by atoms with E-state index in [0.29, 0.717) is 17.3 Å². The van der Waals surface area contributed by atoms with Crippen molar-refractivity contribution in [1.82, 2.24) is 10.3 Å². The van der Waals surface area contributed by atoms with Crippen molar-refractivity contribution < 1.29 is 4.79 Å². The first-order valence-electron chi connectivity index (χ1n) is 8.98. The van der Waals surface area contributed by atoms with E-state index < -0.39 is 5.91 Å². The lowest BCUT2D eigenvalue weighted by Crippen LogP contribution is -2.35. The van der Waals surface area contributed by atoms with Crippen molar-refractivity contribution in [3.8, 4) is 11.3 Å². The molecule has 1 fully saturated rings. The van der Waals surface area contributed by atoms with Crippen molar-refractivity contribution >= 4 is 22.5 Å². The number of benzene rings is 2. The van der Waals surface area contributed by atoms with Crippen LogP contribution in [-0.2, 0) is 0 Å². The fraction of sp³-hybridized carbons (Fsp3) is 0.238. The normalized spacial score (nSPS) is 15.1. The number of rotatable bonds is 4. The molecular formula is C21H22N4O. The van der Waals surface area contributed by atoms with Gasteiger partial charge in [-0.1, -0.05) is 36.4 Å². The van der Waals surface area contributed by atoms with Crippen molar-refractivity contribution in [1.29, 1.82) is 0 Å². The highest BCUT2D eigenvalue weighted by molar-refractivity contribution is 6.04. The fourth-order valence-corrected chi connectivity index (χ4v) is 3.51. The quantitative estimate of drug-likeness (QED) is 0.678. The summed E-state index contributed by atoms with van der Waals surface area (Å²) in [6.07, 6.45) is 2.16. The molecule has 1 aliphatic rings. The number of carbonyl (C=O) groups is 1. The number of piperidine rings is 1. The summed E-state index contributed by atoms with van der Waals surface area (Å²) in [6.45, 7) is 2.04. The Labute approximate surface area is 152 Å². The van der Waals surface area contributed by atoms with Crippen LogP contribution >= 0.6 is 0 Å². The molecule has 26 heavy (non-hydrogen) atoms. The number of pyridine rings is 1. The lowest BCUT2D eigenvalue weighted by molar-refractivity contribution is 0.100. The van der Waals surface area contributed by atoms with Crippen molar-refractivity contribution in [2.24, 2.45) is 5.73 Å². The highest BCUT2D eigenvalue weighted by atomic mass is 16.1. The maximum atomic E-state index is 12.1. The average molecular weight is 346 g/mol. The minimum absolute atomic E-state index is 0.424. The molecule has 0 aliphatic carbocycles. The number of amides is 1. The molecule has 2 aromatic carbocycles. The van der Waals surface area contributed by atoms with Gasteiger partial charge in [-0.15, -0.1) is 0 Å². The van der Waals surface area contributed by atoms with Gasteiger partial charge in [-0.2, -0.15) is 0 Å². The number of hydrogen-bond donors (Lipinski definition) is 3. The number of nitrogens with one attached hydrogen (secondary N) is 2. The third kappa shape index (κ3) is 3.26. The number of nitrogens with two attached hydrogens (primary N) is 1. The molecule has 5 heteroatoms. The SMILES string of the molecule is NC(=O)c1cc2c(NC3CCNCC3)cccc2nc1-c1ccccc1. The second-order valence-corrected chi connectivity index (χ2v) is 6.66. The molecular weight excluding hydrogens is 324 g/mol. The molecule has 0 spiro atoms. The van der Waals surface area contributed by atoms with Crippen LogP contribution in [0.25, 0.3) is 22.2 Å². The van der Waals surface area contributed by atoms with E-state index in [1.807, 2.05) is 54.6 Å². The predicted octanol–water partition coefficient (Wildman–Crippen LogP) is 3.16. The minimum atomic E-state index is -0.463. The van der Waals surface area contributed by atoms with Gasteiger partial charge in [0, 0.05) is 22.7 Å².